The van der Waals surface area contributed by atoms with Gasteiger partial charge in [0, 0.05) is 6.54 Å². The lowest BCUT2D eigenvalue weighted by Crippen LogP contribution is -2.52. The largest absolute Gasteiger partial charge is 0.444 e. The molecule has 0 aromatic heterocycles. The number of hydrogen-bond donors (Lipinski definition) is 1. The molecule has 1 unspecified atom stereocenters. The predicted octanol–water partition coefficient (Wildman–Crippen LogP) is 1.19. The summed E-state index contributed by atoms with van der Waals surface area (Å²) in [5.41, 5.74) is -0.560. The highest BCUT2D eigenvalue weighted by Gasteiger charge is 2.34. The second-order valence-electron chi connectivity index (χ2n) is 5.35. The highest BCUT2D eigenvalue weighted by molar-refractivity contribution is 7.93. The lowest BCUT2D eigenvalue weighted by atomic mass is 10.0. The van der Waals surface area contributed by atoms with E-state index in [2.05, 4.69) is 0 Å². The van der Waals surface area contributed by atoms with Crippen LogP contribution in [-0.2, 0) is 14.8 Å². The second-order valence-corrected chi connectivity index (χ2v) is 7.09. The van der Waals surface area contributed by atoms with E-state index >= 15 is 0 Å². The van der Waals surface area contributed by atoms with Crippen LogP contribution in [-0.4, -0.2) is 37.6 Å². The van der Waals surface area contributed by atoms with Crippen molar-refractivity contribution in [3.63, 3.8) is 0 Å². The molecule has 1 atom stereocenters. The Kier molecular flexibility index (Phi) is 4.07. The fraction of sp³-hybridized carbons (Fsp3) is 0.727. The van der Waals surface area contributed by atoms with Crippen molar-refractivity contribution >= 4 is 16.1 Å². The molecule has 104 valence electrons. The first-order valence-electron chi connectivity index (χ1n) is 5.71. The summed E-state index contributed by atoms with van der Waals surface area (Å²) in [7, 11) is -3.68. The first-order valence-corrected chi connectivity index (χ1v) is 7.26. The lowest BCUT2D eigenvalue weighted by Gasteiger charge is -2.40. The van der Waals surface area contributed by atoms with Crippen LogP contribution in [0.4, 0.5) is 4.79 Å². The van der Waals surface area contributed by atoms with Crippen LogP contribution in [0.2, 0.25) is 0 Å². The molecule has 0 bridgehead atoms. The molecular weight excluding hydrogens is 256 g/mol. The Morgan fingerprint density at radius 2 is 2.00 bits per heavy atom. The van der Waals surface area contributed by atoms with Crippen LogP contribution in [0.25, 0.3) is 0 Å². The van der Waals surface area contributed by atoms with Crippen LogP contribution in [0, 0.1) is 0 Å². The molecule has 0 spiro atoms. The van der Waals surface area contributed by atoms with Gasteiger partial charge in [-0.25, -0.2) is 18.4 Å². The average molecular weight is 276 g/mol. The van der Waals surface area contributed by atoms with E-state index in [4.69, 9.17) is 9.88 Å². The average Bonchev–Trinajstić information content (AvgIpc) is 2.06. The number of nitrogens with two attached hydrogens (primary N) is 1. The molecule has 1 aliphatic rings. The fourth-order valence-electron chi connectivity index (χ4n) is 1.49. The molecule has 1 heterocycles. The zero-order valence-corrected chi connectivity index (χ0v) is 12.0. The van der Waals surface area contributed by atoms with E-state index in [0.717, 1.165) is 0 Å². The normalized spacial score (nSPS) is 21.5. The molecule has 1 saturated heterocycles. The van der Waals surface area contributed by atoms with Crippen LogP contribution in [0.1, 0.15) is 34.1 Å². The minimum Gasteiger partial charge on any atom is -0.444 e. The van der Waals surface area contributed by atoms with Gasteiger partial charge in [-0.2, -0.15) is 0 Å². The van der Waals surface area contributed by atoms with Crippen molar-refractivity contribution in [3.8, 4) is 0 Å². The summed E-state index contributed by atoms with van der Waals surface area (Å²) in [6.45, 7) is 7.33. The van der Waals surface area contributed by atoms with Gasteiger partial charge < -0.3 is 9.64 Å². The van der Waals surface area contributed by atoms with Crippen molar-refractivity contribution in [2.24, 2.45) is 5.14 Å². The number of carbonyl (C=O) groups is 1. The molecule has 7 heteroatoms. The Hall–Kier alpha value is -1.08. The Labute approximate surface area is 108 Å². The lowest BCUT2D eigenvalue weighted by molar-refractivity contribution is 0.00275. The van der Waals surface area contributed by atoms with Gasteiger partial charge in [-0.1, -0.05) is 0 Å². The van der Waals surface area contributed by atoms with Gasteiger partial charge in [-0.15, -0.1) is 0 Å². The molecule has 2 N–H and O–H groups in total. The van der Waals surface area contributed by atoms with Crippen LogP contribution < -0.4 is 5.14 Å². The fourth-order valence-corrected chi connectivity index (χ4v) is 1.84. The molecule has 1 aliphatic heterocycles. The molecule has 0 saturated carbocycles. The first kappa shape index (κ1) is 15.0. The molecule has 0 aromatic rings. The summed E-state index contributed by atoms with van der Waals surface area (Å²) in [6.07, 6.45) is 1.77. The van der Waals surface area contributed by atoms with Crippen molar-refractivity contribution in [2.75, 3.05) is 6.54 Å². The third-order valence-corrected chi connectivity index (χ3v) is 3.60. The van der Waals surface area contributed by atoms with Gasteiger partial charge in [0.05, 0.1) is 10.9 Å². The van der Waals surface area contributed by atoms with Crippen LogP contribution in [0.5, 0.6) is 0 Å². The van der Waals surface area contributed by atoms with Gasteiger partial charge in [0.2, 0.25) is 10.0 Å². The third-order valence-electron chi connectivity index (χ3n) is 2.57. The van der Waals surface area contributed by atoms with E-state index in [-0.39, 0.29) is 10.9 Å². The van der Waals surface area contributed by atoms with E-state index in [9.17, 15) is 13.2 Å². The number of primary sulfonamides is 1. The summed E-state index contributed by atoms with van der Waals surface area (Å²) in [4.78, 5) is 13.3. The molecule has 1 amide bonds. The monoisotopic (exact) mass is 276 g/mol. The van der Waals surface area contributed by atoms with Crippen LogP contribution in [0.15, 0.2) is 11.0 Å². The Morgan fingerprint density at radius 1 is 1.44 bits per heavy atom. The molecule has 0 radical (unpaired) electrons. The van der Waals surface area contributed by atoms with Gasteiger partial charge in [0.1, 0.15) is 5.60 Å². The van der Waals surface area contributed by atoms with Gasteiger partial charge in [-0.05, 0) is 40.2 Å². The maximum atomic E-state index is 11.8. The Balaban J connectivity index is 2.70. The summed E-state index contributed by atoms with van der Waals surface area (Å²) >= 11 is 0. The van der Waals surface area contributed by atoms with E-state index in [1.165, 1.54) is 17.9 Å². The molecule has 18 heavy (non-hydrogen) atoms. The van der Waals surface area contributed by atoms with Crippen LogP contribution in [0.3, 0.4) is 0 Å². The molecule has 0 aliphatic carbocycles. The van der Waals surface area contributed by atoms with Crippen molar-refractivity contribution in [2.45, 2.75) is 45.8 Å². The molecular formula is C11H20N2O4S. The summed E-state index contributed by atoms with van der Waals surface area (Å²) in [5.74, 6) is 0. The van der Waals surface area contributed by atoms with E-state index in [1.54, 1.807) is 20.8 Å². The molecule has 6 nitrogen and oxygen atoms in total. The number of allylic oxidation sites excluding steroid dienone is 1. The number of amides is 1. The minimum absolute atomic E-state index is 0.0701. The molecule has 1 fully saturated rings. The maximum Gasteiger partial charge on any atom is 0.410 e. The van der Waals surface area contributed by atoms with Crippen molar-refractivity contribution in [3.05, 3.63) is 11.0 Å². The van der Waals surface area contributed by atoms with Gasteiger partial charge in [-0.3, -0.25) is 0 Å². The summed E-state index contributed by atoms with van der Waals surface area (Å²) < 4.78 is 27.4. The van der Waals surface area contributed by atoms with E-state index < -0.39 is 21.7 Å². The molecule has 1 rings (SSSR count). The summed E-state index contributed by atoms with van der Waals surface area (Å²) in [6, 6.07) is -0.252. The smallest absolute Gasteiger partial charge is 0.410 e. The van der Waals surface area contributed by atoms with Gasteiger partial charge >= 0.3 is 6.09 Å². The van der Waals surface area contributed by atoms with Crippen LogP contribution >= 0.6 is 0 Å². The minimum atomic E-state index is -3.68. The predicted molar refractivity (Wildman–Crippen MR) is 68.2 cm³/mol. The molecule has 0 aromatic carbocycles. The van der Waals surface area contributed by atoms with Gasteiger partial charge in [0.25, 0.3) is 0 Å². The Bertz CT molecular complexity index is 462. The number of sulfonamides is 1. The highest BCUT2D eigenvalue weighted by atomic mass is 32.2. The maximum absolute atomic E-state index is 11.8. The SMILES string of the molecule is C/C(=C\C1CCN1C(=O)OC(C)(C)C)S(N)(=O)=O. The van der Waals surface area contributed by atoms with Crippen molar-refractivity contribution in [1.29, 1.82) is 0 Å². The van der Waals surface area contributed by atoms with Crippen molar-refractivity contribution < 1.29 is 17.9 Å². The third kappa shape index (κ3) is 3.99. The number of ether oxygens (including phenoxy) is 1. The number of hydrogen-bond acceptors (Lipinski definition) is 4. The number of likely N-dealkylation sites (tertiary alicyclic amines) is 1. The standard InChI is InChI=1S/C11H20N2O4S/c1-8(18(12,15)16)7-9-5-6-13(9)10(14)17-11(2,3)4/h7,9H,5-6H2,1-4H3,(H2,12,15,16)/b8-7+. The zero-order chi connectivity index (χ0) is 14.1. The van der Waals surface area contributed by atoms with Crippen molar-refractivity contribution in [1.82, 2.24) is 4.90 Å². The quantitative estimate of drug-likeness (QED) is 0.820. The highest BCUT2D eigenvalue weighted by Crippen LogP contribution is 2.23. The topological polar surface area (TPSA) is 89.7 Å². The summed E-state index contributed by atoms with van der Waals surface area (Å²) in [5, 5.41) is 5.00. The number of rotatable bonds is 2. The zero-order valence-electron chi connectivity index (χ0n) is 11.1. The number of carbonyl (C=O) groups excluding carboxylic acids is 1. The number of nitrogens with zero attached hydrogens (tertiary/aromatic N) is 1. The van der Waals surface area contributed by atoms with Gasteiger partial charge in [0.15, 0.2) is 0 Å². The van der Waals surface area contributed by atoms with E-state index in [1.807, 2.05) is 0 Å². The van der Waals surface area contributed by atoms with E-state index in [0.29, 0.717) is 13.0 Å². The Morgan fingerprint density at radius 3 is 2.33 bits per heavy atom. The first-order chi connectivity index (χ1) is 8.00. The second kappa shape index (κ2) is 4.89.